The van der Waals surface area contributed by atoms with E-state index < -0.39 is 0 Å². The average Bonchev–Trinajstić information content (AvgIpc) is 3.52. The van der Waals surface area contributed by atoms with Crippen molar-refractivity contribution in [3.05, 3.63) is 40.7 Å². The number of nitrogens with one attached hydrogen (secondary N) is 2. The molecule has 0 fully saturated rings. The first-order chi connectivity index (χ1) is 15.9. The molecule has 0 unspecified atom stereocenters. The van der Waals surface area contributed by atoms with Gasteiger partial charge in [0.2, 0.25) is 0 Å². The number of hydrogen-bond acceptors (Lipinski definition) is 7. The van der Waals surface area contributed by atoms with Crippen LogP contribution >= 0.6 is 0 Å². The lowest BCUT2D eigenvalue weighted by Crippen LogP contribution is -2.05. The molecule has 5 aromatic rings. The molecule has 4 aromatic heterocycles. The minimum Gasteiger partial charge on any atom is -0.496 e. The van der Waals surface area contributed by atoms with E-state index in [1.807, 2.05) is 38.6 Å². The maximum Gasteiger partial charge on any atom is 0.145 e. The maximum atomic E-state index is 5.80. The van der Waals surface area contributed by atoms with E-state index in [2.05, 4.69) is 26.5 Å². The second-order valence-electron chi connectivity index (χ2n) is 8.64. The molecule has 0 amide bonds. The standard InChI is InChI=1S/C24H25N7O2/c1-11-20(12(2)33-30-11)16-9-18-15(10-19(16)32-5)21-22(27-18)25-13(3)26-23(21)28-24-14-7-6-8-17(14)29-31(24)4/h9-10H,6-8H2,1-5H3,(H2,25,26,27,28). The van der Waals surface area contributed by atoms with Crippen LogP contribution in [0.1, 0.15) is 35.0 Å². The Hall–Kier alpha value is -3.88. The molecule has 0 spiro atoms. The zero-order valence-electron chi connectivity index (χ0n) is 19.3. The number of ether oxygens (including phenoxy) is 1. The zero-order chi connectivity index (χ0) is 22.9. The summed E-state index contributed by atoms with van der Waals surface area (Å²) in [5.74, 6) is 3.94. The molecule has 1 aliphatic rings. The Balaban J connectivity index is 1.58. The molecule has 0 saturated heterocycles. The van der Waals surface area contributed by atoms with Crippen molar-refractivity contribution in [2.24, 2.45) is 7.05 Å². The molecule has 6 rings (SSSR count). The predicted molar refractivity (Wildman–Crippen MR) is 126 cm³/mol. The van der Waals surface area contributed by atoms with Gasteiger partial charge in [0.15, 0.2) is 0 Å². The summed E-state index contributed by atoms with van der Waals surface area (Å²) in [5.41, 5.74) is 6.86. The lowest BCUT2D eigenvalue weighted by molar-refractivity contribution is 0.393. The molecule has 2 N–H and O–H groups in total. The highest BCUT2D eigenvalue weighted by atomic mass is 16.5. The van der Waals surface area contributed by atoms with Gasteiger partial charge in [-0.2, -0.15) is 5.10 Å². The summed E-state index contributed by atoms with van der Waals surface area (Å²) >= 11 is 0. The fourth-order valence-corrected chi connectivity index (χ4v) is 5.05. The molecule has 0 aliphatic heterocycles. The van der Waals surface area contributed by atoms with Gasteiger partial charge in [0.1, 0.15) is 34.6 Å². The Labute approximate surface area is 190 Å². The van der Waals surface area contributed by atoms with Crippen LogP contribution < -0.4 is 10.1 Å². The third-order valence-corrected chi connectivity index (χ3v) is 6.49. The van der Waals surface area contributed by atoms with Crippen molar-refractivity contribution in [3.8, 4) is 16.9 Å². The van der Waals surface area contributed by atoms with E-state index >= 15 is 0 Å². The third-order valence-electron chi connectivity index (χ3n) is 6.49. The van der Waals surface area contributed by atoms with E-state index in [1.54, 1.807) is 7.11 Å². The van der Waals surface area contributed by atoms with Gasteiger partial charge in [-0.05, 0) is 52.2 Å². The lowest BCUT2D eigenvalue weighted by Gasteiger charge is -2.11. The van der Waals surface area contributed by atoms with Gasteiger partial charge in [-0.1, -0.05) is 5.16 Å². The number of H-pyrrole nitrogens is 1. The van der Waals surface area contributed by atoms with Gasteiger partial charge in [0.05, 0.1) is 29.4 Å². The van der Waals surface area contributed by atoms with Crippen LogP contribution in [0.5, 0.6) is 5.75 Å². The summed E-state index contributed by atoms with van der Waals surface area (Å²) < 4.78 is 13.1. The molecule has 1 aliphatic carbocycles. The first-order valence-corrected chi connectivity index (χ1v) is 11.1. The molecule has 0 radical (unpaired) electrons. The number of hydrogen-bond donors (Lipinski definition) is 2. The highest BCUT2D eigenvalue weighted by Crippen LogP contribution is 2.41. The smallest absolute Gasteiger partial charge is 0.145 e. The van der Waals surface area contributed by atoms with Gasteiger partial charge in [0.25, 0.3) is 0 Å². The van der Waals surface area contributed by atoms with E-state index in [1.165, 1.54) is 11.3 Å². The molecule has 9 heteroatoms. The molecule has 0 atom stereocenters. The summed E-state index contributed by atoms with van der Waals surface area (Å²) in [4.78, 5) is 12.9. The topological polar surface area (TPSA) is 107 Å². The molecular formula is C24H25N7O2. The van der Waals surface area contributed by atoms with Crippen LogP contribution in [0.15, 0.2) is 16.7 Å². The number of methoxy groups -OCH3 is 1. The molecule has 33 heavy (non-hydrogen) atoms. The van der Waals surface area contributed by atoms with Crippen molar-refractivity contribution in [1.82, 2.24) is 29.9 Å². The van der Waals surface area contributed by atoms with Gasteiger partial charge in [0, 0.05) is 29.1 Å². The number of aryl methyl sites for hydroxylation is 5. The highest BCUT2D eigenvalue weighted by molar-refractivity contribution is 6.13. The van der Waals surface area contributed by atoms with E-state index in [9.17, 15) is 0 Å². The lowest BCUT2D eigenvalue weighted by atomic mass is 10.0. The number of nitrogens with zero attached hydrogens (tertiary/aromatic N) is 5. The van der Waals surface area contributed by atoms with Crippen molar-refractivity contribution < 1.29 is 9.26 Å². The molecular weight excluding hydrogens is 418 g/mol. The third kappa shape index (κ3) is 2.92. The first-order valence-electron chi connectivity index (χ1n) is 11.1. The monoisotopic (exact) mass is 443 g/mol. The van der Waals surface area contributed by atoms with Crippen LogP contribution in [-0.2, 0) is 19.9 Å². The normalized spacial score (nSPS) is 13.2. The minimum absolute atomic E-state index is 0.688. The number of fused-ring (bicyclic) bond motifs is 4. The molecule has 1 aromatic carbocycles. The van der Waals surface area contributed by atoms with Crippen molar-refractivity contribution >= 4 is 33.6 Å². The van der Waals surface area contributed by atoms with Crippen LogP contribution in [0.3, 0.4) is 0 Å². The minimum atomic E-state index is 0.688. The Kier molecular flexibility index (Phi) is 4.23. The highest BCUT2D eigenvalue weighted by Gasteiger charge is 2.24. The second-order valence-corrected chi connectivity index (χ2v) is 8.64. The van der Waals surface area contributed by atoms with Crippen LogP contribution in [0.4, 0.5) is 11.6 Å². The summed E-state index contributed by atoms with van der Waals surface area (Å²) in [7, 11) is 3.65. The quantitative estimate of drug-likeness (QED) is 0.416. The number of benzene rings is 1. The van der Waals surface area contributed by atoms with Crippen LogP contribution in [0.25, 0.3) is 33.1 Å². The summed E-state index contributed by atoms with van der Waals surface area (Å²) in [6, 6.07) is 4.11. The van der Waals surface area contributed by atoms with E-state index in [-0.39, 0.29) is 0 Å². The number of aromatic amines is 1. The fourth-order valence-electron chi connectivity index (χ4n) is 5.05. The number of rotatable bonds is 4. The van der Waals surface area contributed by atoms with Gasteiger partial charge in [-0.15, -0.1) is 0 Å². The van der Waals surface area contributed by atoms with Gasteiger partial charge < -0.3 is 19.6 Å². The SMILES string of the molecule is COc1cc2c(cc1-c1c(C)noc1C)[nH]c1nc(C)nc(Nc3c4c(nn3C)CCC4)c12. The molecule has 4 heterocycles. The van der Waals surface area contributed by atoms with E-state index in [0.717, 1.165) is 81.2 Å². The summed E-state index contributed by atoms with van der Waals surface area (Å²) in [6.45, 7) is 5.75. The van der Waals surface area contributed by atoms with Gasteiger partial charge >= 0.3 is 0 Å². The Bertz CT molecular complexity index is 1540. The second kappa shape index (κ2) is 7.06. The summed E-state index contributed by atoms with van der Waals surface area (Å²) in [6.07, 6.45) is 3.19. The predicted octanol–water partition coefficient (Wildman–Crippen LogP) is 4.67. The van der Waals surface area contributed by atoms with Crippen molar-refractivity contribution in [2.75, 3.05) is 12.4 Å². The van der Waals surface area contributed by atoms with E-state index in [4.69, 9.17) is 19.3 Å². The Morgan fingerprint density at radius 1 is 1.15 bits per heavy atom. The number of anilines is 2. The fraction of sp³-hybridized carbons (Fsp3) is 0.333. The largest absolute Gasteiger partial charge is 0.496 e. The van der Waals surface area contributed by atoms with Crippen molar-refractivity contribution in [3.63, 3.8) is 0 Å². The van der Waals surface area contributed by atoms with Crippen LogP contribution in [0, 0.1) is 20.8 Å². The van der Waals surface area contributed by atoms with Crippen molar-refractivity contribution in [1.29, 1.82) is 0 Å². The Morgan fingerprint density at radius 2 is 2.00 bits per heavy atom. The molecule has 168 valence electrons. The average molecular weight is 444 g/mol. The van der Waals surface area contributed by atoms with Gasteiger partial charge in [-0.3, -0.25) is 4.68 Å². The zero-order valence-corrected chi connectivity index (χ0v) is 19.3. The summed E-state index contributed by atoms with van der Waals surface area (Å²) in [5, 5.41) is 14.3. The molecule has 0 saturated carbocycles. The van der Waals surface area contributed by atoms with Crippen LogP contribution in [0.2, 0.25) is 0 Å². The Morgan fingerprint density at radius 3 is 2.76 bits per heavy atom. The maximum absolute atomic E-state index is 5.80. The first kappa shape index (κ1) is 19.8. The van der Waals surface area contributed by atoms with Gasteiger partial charge in [-0.25, -0.2) is 9.97 Å². The molecule has 0 bridgehead atoms. The van der Waals surface area contributed by atoms with Crippen molar-refractivity contribution in [2.45, 2.75) is 40.0 Å². The van der Waals surface area contributed by atoms with E-state index in [0.29, 0.717) is 5.82 Å². The number of aromatic nitrogens is 6. The molecule has 9 nitrogen and oxygen atoms in total. The van der Waals surface area contributed by atoms with Crippen LogP contribution in [-0.4, -0.2) is 37.0 Å².